The lowest BCUT2D eigenvalue weighted by Gasteiger charge is -2.10. The van der Waals surface area contributed by atoms with Crippen molar-refractivity contribution in [1.29, 1.82) is 0 Å². The Morgan fingerprint density at radius 1 is 1.37 bits per heavy atom. The molecule has 19 heavy (non-hydrogen) atoms. The highest BCUT2D eigenvalue weighted by Crippen LogP contribution is 2.26. The van der Waals surface area contributed by atoms with E-state index in [1.807, 2.05) is 0 Å². The summed E-state index contributed by atoms with van der Waals surface area (Å²) in [5.74, 6) is 1.43. The van der Waals surface area contributed by atoms with Crippen molar-refractivity contribution >= 4 is 39.1 Å². The number of nitrogens with one attached hydrogen (secondary N) is 1. The number of thioether (sulfide) groups is 1. The van der Waals surface area contributed by atoms with Crippen LogP contribution in [0.4, 0.5) is 5.69 Å². The Bertz CT molecular complexity index is 488. The quantitative estimate of drug-likeness (QED) is 0.495. The number of aliphatic hydroxyl groups excluding tert-OH is 1. The maximum atomic E-state index is 12.0. The average molecular weight is 325 g/mol. The molecule has 0 aliphatic heterocycles. The van der Waals surface area contributed by atoms with Gasteiger partial charge in [0.1, 0.15) is 4.90 Å². The van der Waals surface area contributed by atoms with Gasteiger partial charge < -0.3 is 10.8 Å². The van der Waals surface area contributed by atoms with Gasteiger partial charge in [0.15, 0.2) is 0 Å². The maximum Gasteiger partial charge on any atom is 0.244 e. The Hall–Kier alpha value is -0.470. The lowest BCUT2D eigenvalue weighted by molar-refractivity contribution is 0.296. The van der Waals surface area contributed by atoms with Gasteiger partial charge in [-0.25, -0.2) is 13.1 Å². The zero-order chi connectivity index (χ0) is 14.3. The molecule has 0 aliphatic rings. The van der Waals surface area contributed by atoms with E-state index in [0.717, 1.165) is 5.75 Å². The minimum atomic E-state index is -3.68. The lowest BCUT2D eigenvalue weighted by atomic mass is 10.3. The van der Waals surface area contributed by atoms with Gasteiger partial charge >= 0.3 is 0 Å². The van der Waals surface area contributed by atoms with Crippen LogP contribution in [0.25, 0.3) is 0 Å². The zero-order valence-electron chi connectivity index (χ0n) is 10.3. The molecule has 0 spiro atoms. The van der Waals surface area contributed by atoms with Gasteiger partial charge in [0, 0.05) is 18.9 Å². The van der Waals surface area contributed by atoms with E-state index in [1.165, 1.54) is 12.1 Å². The van der Waals surface area contributed by atoms with Crippen LogP contribution in [0.15, 0.2) is 23.1 Å². The van der Waals surface area contributed by atoms with Crippen LogP contribution in [-0.2, 0) is 10.0 Å². The first-order chi connectivity index (χ1) is 8.99. The molecule has 0 heterocycles. The smallest absolute Gasteiger partial charge is 0.244 e. The number of anilines is 1. The summed E-state index contributed by atoms with van der Waals surface area (Å²) >= 11 is 7.43. The summed E-state index contributed by atoms with van der Waals surface area (Å²) in [4.78, 5) is -0.0722. The summed E-state index contributed by atoms with van der Waals surface area (Å²) in [6, 6.07) is 4.58. The van der Waals surface area contributed by atoms with Crippen LogP contribution in [0.2, 0.25) is 5.02 Å². The molecule has 5 nitrogen and oxygen atoms in total. The van der Waals surface area contributed by atoms with Crippen molar-refractivity contribution in [3.63, 3.8) is 0 Å². The predicted molar refractivity (Wildman–Crippen MR) is 80.1 cm³/mol. The van der Waals surface area contributed by atoms with Gasteiger partial charge in [-0.3, -0.25) is 0 Å². The number of nitrogen functional groups attached to an aromatic ring is 1. The number of rotatable bonds is 8. The zero-order valence-corrected chi connectivity index (χ0v) is 12.7. The Morgan fingerprint density at radius 2 is 2.11 bits per heavy atom. The monoisotopic (exact) mass is 324 g/mol. The van der Waals surface area contributed by atoms with Gasteiger partial charge in [-0.2, -0.15) is 11.8 Å². The molecule has 0 aromatic heterocycles. The van der Waals surface area contributed by atoms with Crippen LogP contribution in [0.5, 0.6) is 0 Å². The van der Waals surface area contributed by atoms with Crippen molar-refractivity contribution < 1.29 is 13.5 Å². The molecule has 0 amide bonds. The van der Waals surface area contributed by atoms with Crippen LogP contribution >= 0.6 is 23.4 Å². The van der Waals surface area contributed by atoms with E-state index in [2.05, 4.69) is 4.72 Å². The third-order valence-corrected chi connectivity index (χ3v) is 5.33. The van der Waals surface area contributed by atoms with Crippen molar-refractivity contribution in [1.82, 2.24) is 4.72 Å². The van der Waals surface area contributed by atoms with Crippen LogP contribution < -0.4 is 10.5 Å². The molecule has 1 rings (SSSR count). The molecule has 0 saturated carbocycles. The van der Waals surface area contributed by atoms with Crippen LogP contribution in [0, 0.1) is 0 Å². The van der Waals surface area contributed by atoms with E-state index in [9.17, 15) is 8.42 Å². The molecule has 0 bridgehead atoms. The number of halogens is 1. The lowest BCUT2D eigenvalue weighted by Crippen LogP contribution is -2.27. The molecule has 4 N–H and O–H groups in total. The number of aliphatic hydroxyl groups is 1. The van der Waals surface area contributed by atoms with Crippen molar-refractivity contribution in [3.8, 4) is 0 Å². The van der Waals surface area contributed by atoms with Gasteiger partial charge in [0.05, 0.1) is 10.7 Å². The first-order valence-electron chi connectivity index (χ1n) is 5.71. The topological polar surface area (TPSA) is 92.4 Å². The summed E-state index contributed by atoms with van der Waals surface area (Å²) in [5, 5.41) is 8.72. The van der Waals surface area contributed by atoms with Gasteiger partial charge in [-0.05, 0) is 24.3 Å². The standard InChI is InChI=1S/C11H17ClN2O3S2/c12-9-3-1-4-10(13)11(9)19(16,17)14-5-8-18-7-2-6-15/h1,3-4,14-15H,2,5-8,13H2. The Kier molecular flexibility index (Phi) is 6.95. The Labute approximate surface area is 122 Å². The fourth-order valence-electron chi connectivity index (χ4n) is 1.40. The van der Waals surface area contributed by atoms with E-state index in [-0.39, 0.29) is 22.2 Å². The predicted octanol–water partition coefficient (Wildman–Crippen LogP) is 1.32. The highest BCUT2D eigenvalue weighted by molar-refractivity contribution is 7.99. The molecule has 1 aromatic rings. The van der Waals surface area contributed by atoms with E-state index < -0.39 is 10.0 Å². The maximum absolute atomic E-state index is 12.0. The van der Waals surface area contributed by atoms with E-state index in [0.29, 0.717) is 18.7 Å². The van der Waals surface area contributed by atoms with E-state index in [4.69, 9.17) is 22.4 Å². The molecule has 0 saturated heterocycles. The molecular weight excluding hydrogens is 308 g/mol. The Morgan fingerprint density at radius 3 is 2.74 bits per heavy atom. The van der Waals surface area contributed by atoms with Crippen molar-refractivity contribution in [2.24, 2.45) is 0 Å². The van der Waals surface area contributed by atoms with Crippen LogP contribution in [0.1, 0.15) is 6.42 Å². The van der Waals surface area contributed by atoms with Gasteiger partial charge in [-0.15, -0.1) is 0 Å². The van der Waals surface area contributed by atoms with Gasteiger partial charge in [0.25, 0.3) is 0 Å². The second-order valence-corrected chi connectivity index (χ2v) is 7.08. The van der Waals surface area contributed by atoms with Crippen LogP contribution in [0.3, 0.4) is 0 Å². The minimum Gasteiger partial charge on any atom is -0.398 e. The van der Waals surface area contributed by atoms with Crippen molar-refractivity contribution in [2.75, 3.05) is 30.4 Å². The summed E-state index contributed by atoms with van der Waals surface area (Å²) in [5.41, 5.74) is 5.77. The van der Waals surface area contributed by atoms with Crippen LogP contribution in [-0.4, -0.2) is 38.2 Å². The minimum absolute atomic E-state index is 0.0722. The number of sulfonamides is 1. The second-order valence-electron chi connectivity index (χ2n) is 3.75. The molecule has 0 unspecified atom stereocenters. The number of nitrogens with two attached hydrogens (primary N) is 1. The summed E-state index contributed by atoms with van der Waals surface area (Å²) in [6.45, 7) is 0.442. The highest BCUT2D eigenvalue weighted by Gasteiger charge is 2.20. The van der Waals surface area contributed by atoms with Gasteiger partial charge in [0.2, 0.25) is 10.0 Å². The fourth-order valence-corrected chi connectivity index (χ4v) is 4.02. The third kappa shape index (κ3) is 5.19. The second kappa shape index (κ2) is 7.96. The molecule has 0 aliphatic carbocycles. The summed E-state index contributed by atoms with van der Waals surface area (Å²) < 4.78 is 26.5. The largest absolute Gasteiger partial charge is 0.398 e. The molecule has 8 heteroatoms. The number of benzene rings is 1. The van der Waals surface area contributed by atoms with Crippen molar-refractivity contribution in [2.45, 2.75) is 11.3 Å². The van der Waals surface area contributed by atoms with E-state index in [1.54, 1.807) is 17.8 Å². The molecular formula is C11H17ClN2O3S2. The first-order valence-corrected chi connectivity index (χ1v) is 8.73. The van der Waals surface area contributed by atoms with Gasteiger partial charge in [-0.1, -0.05) is 17.7 Å². The Balaban J connectivity index is 2.57. The summed E-state index contributed by atoms with van der Waals surface area (Å²) in [6.07, 6.45) is 0.703. The summed E-state index contributed by atoms with van der Waals surface area (Å²) in [7, 11) is -3.68. The first kappa shape index (κ1) is 16.6. The average Bonchev–Trinajstić information content (AvgIpc) is 2.33. The molecule has 0 fully saturated rings. The molecule has 0 radical (unpaired) electrons. The molecule has 1 aromatic carbocycles. The SMILES string of the molecule is Nc1cccc(Cl)c1S(=O)(=O)NCCSCCCO. The molecule has 108 valence electrons. The highest BCUT2D eigenvalue weighted by atomic mass is 35.5. The normalized spacial score (nSPS) is 11.7. The molecule has 0 atom stereocenters. The number of hydrogen-bond acceptors (Lipinski definition) is 5. The third-order valence-electron chi connectivity index (χ3n) is 2.25. The number of hydrogen-bond donors (Lipinski definition) is 3. The van der Waals surface area contributed by atoms with Crippen molar-refractivity contribution in [3.05, 3.63) is 23.2 Å². The van der Waals surface area contributed by atoms with E-state index >= 15 is 0 Å². The fraction of sp³-hybridized carbons (Fsp3) is 0.455.